The number of nitrogens with two attached hydrogens (primary N) is 1. The molecule has 3 unspecified atom stereocenters. The number of hydrogen-bond donors (Lipinski definition) is 2. The molecule has 3 nitrogen and oxygen atoms in total. The minimum absolute atomic E-state index is 0.00915. The van der Waals surface area contributed by atoms with Gasteiger partial charge in [0.05, 0.1) is 23.8 Å². The molecule has 3 N–H and O–H groups in total. The fraction of sp³-hybridized carbons (Fsp3) is 0.0800. The molecule has 0 saturated carbocycles. The molecular weight excluding hydrogens is 643 g/mol. The first-order valence-corrected chi connectivity index (χ1v) is 18.5. The summed E-state index contributed by atoms with van der Waals surface area (Å²) in [6.07, 6.45) is 11.0. The summed E-state index contributed by atoms with van der Waals surface area (Å²) in [6, 6.07) is 55.5. The van der Waals surface area contributed by atoms with Crippen molar-refractivity contribution in [3.63, 3.8) is 0 Å². The predicted octanol–water partition coefficient (Wildman–Crippen LogP) is 12.1. The van der Waals surface area contributed by atoms with Crippen LogP contribution in [0.15, 0.2) is 188 Å². The van der Waals surface area contributed by atoms with Crippen molar-refractivity contribution in [1.82, 2.24) is 5.32 Å². The smallest absolute Gasteiger partial charge is 0.0716 e. The van der Waals surface area contributed by atoms with Crippen molar-refractivity contribution in [2.45, 2.75) is 25.0 Å². The molecule has 8 aromatic rings. The lowest BCUT2D eigenvalue weighted by Gasteiger charge is -2.31. The number of dihydropyridines is 1. The predicted molar refractivity (Wildman–Crippen MR) is 225 cm³/mol. The second-order valence-corrected chi connectivity index (χ2v) is 14.3. The molecule has 0 aromatic heterocycles. The van der Waals surface area contributed by atoms with Crippen LogP contribution in [0, 0.1) is 0 Å². The average molecular weight is 682 g/mol. The molecule has 0 aliphatic carbocycles. The van der Waals surface area contributed by atoms with Crippen molar-refractivity contribution in [3.8, 4) is 22.3 Å². The Morgan fingerprint density at radius 2 is 1.17 bits per heavy atom. The van der Waals surface area contributed by atoms with Crippen LogP contribution in [0.2, 0.25) is 0 Å². The molecule has 0 radical (unpaired) electrons. The lowest BCUT2D eigenvalue weighted by molar-refractivity contribution is 0.647. The van der Waals surface area contributed by atoms with Gasteiger partial charge in [-0.05, 0) is 114 Å². The zero-order chi connectivity index (χ0) is 35.5. The van der Waals surface area contributed by atoms with Crippen LogP contribution in [0.25, 0.3) is 65.3 Å². The van der Waals surface area contributed by atoms with Crippen LogP contribution in [-0.2, 0) is 0 Å². The summed E-state index contributed by atoms with van der Waals surface area (Å²) >= 11 is 0. The van der Waals surface area contributed by atoms with Crippen molar-refractivity contribution in [2.75, 3.05) is 4.90 Å². The third-order valence-electron chi connectivity index (χ3n) is 11.2. The third-order valence-corrected chi connectivity index (χ3v) is 11.2. The van der Waals surface area contributed by atoms with Crippen LogP contribution in [0.4, 0.5) is 5.69 Å². The zero-order valence-corrected chi connectivity index (χ0v) is 29.6. The van der Waals surface area contributed by atoms with Gasteiger partial charge in [-0.3, -0.25) is 0 Å². The minimum Gasteiger partial charge on any atom is -0.379 e. The molecule has 0 spiro atoms. The van der Waals surface area contributed by atoms with E-state index in [9.17, 15) is 0 Å². The van der Waals surface area contributed by atoms with Crippen molar-refractivity contribution in [2.24, 2.45) is 5.73 Å². The van der Waals surface area contributed by atoms with Gasteiger partial charge in [0.15, 0.2) is 0 Å². The van der Waals surface area contributed by atoms with Crippen LogP contribution in [-0.4, -0.2) is 6.04 Å². The highest BCUT2D eigenvalue weighted by molar-refractivity contribution is 6.22. The molecule has 0 saturated heterocycles. The molecule has 254 valence electrons. The summed E-state index contributed by atoms with van der Waals surface area (Å²) in [5.74, 6) is 0. The summed E-state index contributed by atoms with van der Waals surface area (Å²) in [7, 11) is 0. The molecule has 8 aromatic carbocycles. The standard InChI is InChI=1S/C50H39N3/c1-2-11-47-50(51)43-18-9-10-19-46(43)53(47)39-25-27-45(52-31-39)36-24-26-42-44(30-36)49(38-23-21-33-13-4-6-15-35(33)29-38)41-17-8-7-16-40(41)48(42)37-22-20-32-12-3-5-14-34(32)28-37/h2-31,45,47,50,52H,51H2,1H3/b11-2-. The van der Waals surface area contributed by atoms with Crippen LogP contribution >= 0.6 is 0 Å². The number of nitrogens with one attached hydrogen (secondary N) is 1. The maximum atomic E-state index is 6.79. The zero-order valence-electron chi connectivity index (χ0n) is 29.6. The number of nitrogens with zero attached hydrogens (tertiary/aromatic N) is 1. The van der Waals surface area contributed by atoms with E-state index in [0.717, 1.165) is 11.4 Å². The maximum Gasteiger partial charge on any atom is 0.0716 e. The number of allylic oxidation sites excluding steroid dienone is 2. The van der Waals surface area contributed by atoms with E-state index in [0.29, 0.717) is 0 Å². The first kappa shape index (κ1) is 31.3. The molecule has 3 atom stereocenters. The maximum absolute atomic E-state index is 6.79. The van der Waals surface area contributed by atoms with Gasteiger partial charge in [0.25, 0.3) is 0 Å². The van der Waals surface area contributed by atoms with Gasteiger partial charge in [-0.1, -0.05) is 146 Å². The SMILES string of the molecule is C/C=C\C1C(N)c2ccccc2N1C1=CNC(c2ccc3c(-c4ccc5ccccc5c4)c4ccccc4c(-c4ccc5ccccc5c4)c3c2)C=C1. The molecule has 53 heavy (non-hydrogen) atoms. The highest BCUT2D eigenvalue weighted by Gasteiger charge is 2.36. The molecule has 0 bridgehead atoms. The topological polar surface area (TPSA) is 41.3 Å². The van der Waals surface area contributed by atoms with Crippen LogP contribution in [0.1, 0.15) is 30.1 Å². The Kier molecular flexibility index (Phi) is 7.48. The number of para-hydroxylation sites is 1. The highest BCUT2D eigenvalue weighted by atomic mass is 15.2. The van der Waals surface area contributed by atoms with Crippen molar-refractivity contribution in [1.29, 1.82) is 0 Å². The lowest BCUT2D eigenvalue weighted by Crippen LogP contribution is -2.36. The number of rotatable bonds is 5. The molecular formula is C50H39N3. The van der Waals surface area contributed by atoms with Crippen LogP contribution in [0.5, 0.6) is 0 Å². The Bertz CT molecular complexity index is 2820. The summed E-state index contributed by atoms with van der Waals surface area (Å²) in [6.45, 7) is 2.06. The summed E-state index contributed by atoms with van der Waals surface area (Å²) in [5.41, 5.74) is 16.4. The molecule has 0 amide bonds. The number of hydrogen-bond acceptors (Lipinski definition) is 3. The summed E-state index contributed by atoms with van der Waals surface area (Å²) < 4.78 is 0. The summed E-state index contributed by atoms with van der Waals surface area (Å²) in [4.78, 5) is 2.36. The number of fused-ring (bicyclic) bond motifs is 5. The van der Waals surface area contributed by atoms with E-state index in [-0.39, 0.29) is 18.1 Å². The van der Waals surface area contributed by atoms with Gasteiger partial charge in [-0.15, -0.1) is 0 Å². The quantitative estimate of drug-likeness (QED) is 0.140. The number of benzene rings is 8. The molecule has 2 aliphatic rings. The van der Waals surface area contributed by atoms with E-state index in [1.54, 1.807) is 0 Å². The van der Waals surface area contributed by atoms with Gasteiger partial charge in [0.1, 0.15) is 0 Å². The fourth-order valence-corrected chi connectivity index (χ4v) is 8.74. The van der Waals surface area contributed by atoms with E-state index >= 15 is 0 Å². The van der Waals surface area contributed by atoms with Gasteiger partial charge in [-0.25, -0.2) is 0 Å². The van der Waals surface area contributed by atoms with Gasteiger partial charge in [0, 0.05) is 11.9 Å². The Balaban J connectivity index is 1.14. The second-order valence-electron chi connectivity index (χ2n) is 14.3. The van der Waals surface area contributed by atoms with Crippen molar-refractivity contribution < 1.29 is 0 Å². The monoisotopic (exact) mass is 681 g/mol. The largest absolute Gasteiger partial charge is 0.379 e. The van der Waals surface area contributed by atoms with Crippen LogP contribution < -0.4 is 16.0 Å². The van der Waals surface area contributed by atoms with Gasteiger partial charge in [0.2, 0.25) is 0 Å². The Morgan fingerprint density at radius 3 is 1.81 bits per heavy atom. The van der Waals surface area contributed by atoms with Crippen molar-refractivity contribution >= 4 is 48.8 Å². The Labute approximate surface area is 310 Å². The summed E-state index contributed by atoms with van der Waals surface area (Å²) in [5, 5.41) is 13.8. The molecule has 10 rings (SSSR count). The van der Waals surface area contributed by atoms with E-state index in [1.165, 1.54) is 76.5 Å². The molecule has 0 fully saturated rings. The lowest BCUT2D eigenvalue weighted by atomic mass is 9.84. The van der Waals surface area contributed by atoms with Crippen LogP contribution in [0.3, 0.4) is 0 Å². The first-order chi connectivity index (χ1) is 26.2. The molecule has 2 heterocycles. The fourth-order valence-electron chi connectivity index (χ4n) is 8.74. The normalized spacial score (nSPS) is 18.3. The van der Waals surface area contributed by atoms with Crippen molar-refractivity contribution in [3.05, 3.63) is 199 Å². The van der Waals surface area contributed by atoms with E-state index in [1.807, 2.05) is 0 Å². The van der Waals surface area contributed by atoms with Gasteiger partial charge in [-0.2, -0.15) is 0 Å². The molecule has 2 aliphatic heterocycles. The van der Waals surface area contributed by atoms with Gasteiger partial charge < -0.3 is 16.0 Å². The van der Waals surface area contributed by atoms with Gasteiger partial charge >= 0.3 is 0 Å². The van der Waals surface area contributed by atoms with E-state index in [4.69, 9.17) is 5.73 Å². The Morgan fingerprint density at radius 1 is 0.585 bits per heavy atom. The Hall–Kier alpha value is -6.42. The van der Waals surface area contributed by atoms with E-state index in [2.05, 4.69) is 199 Å². The van der Waals surface area contributed by atoms with E-state index < -0.39 is 0 Å². The number of anilines is 1. The third kappa shape index (κ3) is 5.16. The minimum atomic E-state index is -0.0879. The first-order valence-electron chi connectivity index (χ1n) is 18.5. The second kappa shape index (κ2) is 12.7. The molecule has 3 heteroatoms. The average Bonchev–Trinajstić information content (AvgIpc) is 3.50. The highest BCUT2D eigenvalue weighted by Crippen LogP contribution is 2.46.